The quantitative estimate of drug-likeness (QED) is 0.540. The lowest BCUT2D eigenvalue weighted by Gasteiger charge is -2.66. The van der Waals surface area contributed by atoms with E-state index in [1.165, 1.54) is 6.42 Å². The fourth-order valence-corrected chi connectivity index (χ4v) is 9.66. The van der Waals surface area contributed by atoms with E-state index < -0.39 is 0 Å². The van der Waals surface area contributed by atoms with Crippen LogP contribution in [0, 0.1) is 52.3 Å². The molecule has 0 heterocycles. The first kappa shape index (κ1) is 23.0. The molecule has 0 amide bonds. The van der Waals surface area contributed by atoms with Gasteiger partial charge in [0, 0.05) is 6.61 Å². The Morgan fingerprint density at radius 1 is 1.00 bits per heavy atom. The van der Waals surface area contributed by atoms with Gasteiger partial charge in [-0.15, -0.1) is 0 Å². The molecule has 0 bridgehead atoms. The minimum absolute atomic E-state index is 0.0190. The molecule has 30 heavy (non-hydrogen) atoms. The van der Waals surface area contributed by atoms with Crippen molar-refractivity contribution < 1.29 is 20.4 Å². The number of aliphatic hydroxyl groups excluding tert-OH is 4. The second-order valence-corrected chi connectivity index (χ2v) is 12.1. The molecule has 4 fully saturated rings. The maximum atomic E-state index is 11.7. The second-order valence-electron chi connectivity index (χ2n) is 12.1. The van der Waals surface area contributed by atoms with E-state index >= 15 is 0 Å². The molecule has 4 N–H and O–H groups in total. The maximum Gasteiger partial charge on any atom is 0.0605 e. The van der Waals surface area contributed by atoms with E-state index in [4.69, 9.17) is 0 Å². The van der Waals surface area contributed by atoms with Crippen LogP contribution in [0.1, 0.15) is 85.5 Å². The summed E-state index contributed by atoms with van der Waals surface area (Å²) in [5.74, 6) is 2.45. The average Bonchev–Trinajstić information content (AvgIpc) is 3.04. The van der Waals surface area contributed by atoms with Crippen molar-refractivity contribution in [1.82, 2.24) is 0 Å². The van der Waals surface area contributed by atoms with Gasteiger partial charge in [0.25, 0.3) is 0 Å². The lowest BCUT2D eigenvalue weighted by Crippen LogP contribution is -2.65. The SMILES string of the molecule is CC[C@H]1[C@@H](O)[C@@H]2[C@H]([C@@H](O)C[C@]3(C)[C@@H]([C@H](C)CCCO)CC[C@@H]23)[C@@]2(C)CC[C@@H](O)C[C@@H]12. The van der Waals surface area contributed by atoms with E-state index in [9.17, 15) is 20.4 Å². The molecule has 4 rings (SSSR count). The fourth-order valence-electron chi connectivity index (χ4n) is 9.66. The van der Waals surface area contributed by atoms with Gasteiger partial charge < -0.3 is 20.4 Å². The molecule has 0 aromatic rings. The molecule has 0 unspecified atom stereocenters. The highest BCUT2D eigenvalue weighted by molar-refractivity contribution is 5.15. The van der Waals surface area contributed by atoms with Crippen molar-refractivity contribution in [1.29, 1.82) is 0 Å². The van der Waals surface area contributed by atoms with Crippen LogP contribution in [0.25, 0.3) is 0 Å². The van der Waals surface area contributed by atoms with Crippen molar-refractivity contribution in [3.63, 3.8) is 0 Å². The molecule has 4 saturated carbocycles. The highest BCUT2D eigenvalue weighted by Crippen LogP contribution is 2.69. The summed E-state index contributed by atoms with van der Waals surface area (Å²) in [4.78, 5) is 0. The van der Waals surface area contributed by atoms with Crippen molar-refractivity contribution in [2.45, 2.75) is 104 Å². The van der Waals surface area contributed by atoms with E-state index in [-0.39, 0.29) is 53.5 Å². The monoisotopic (exact) mass is 422 g/mol. The Morgan fingerprint density at radius 2 is 1.73 bits per heavy atom. The molecule has 0 spiro atoms. The summed E-state index contributed by atoms with van der Waals surface area (Å²) in [7, 11) is 0. The predicted octanol–water partition coefficient (Wildman–Crippen LogP) is 3.99. The molecular weight excluding hydrogens is 376 g/mol. The lowest BCUT2D eigenvalue weighted by molar-refractivity contribution is -0.235. The van der Waals surface area contributed by atoms with Gasteiger partial charge in [-0.3, -0.25) is 0 Å². The van der Waals surface area contributed by atoms with Crippen molar-refractivity contribution in [2.75, 3.05) is 6.61 Å². The molecule has 0 saturated heterocycles. The molecular formula is C26H46O4. The minimum Gasteiger partial charge on any atom is -0.396 e. The normalized spacial score (nSPS) is 54.2. The molecule has 174 valence electrons. The van der Waals surface area contributed by atoms with Crippen LogP contribution in [0.15, 0.2) is 0 Å². The highest BCUT2D eigenvalue weighted by atomic mass is 16.3. The van der Waals surface area contributed by atoms with Crippen LogP contribution in [0.3, 0.4) is 0 Å². The summed E-state index contributed by atoms with van der Waals surface area (Å²) in [5.41, 5.74) is 0.0945. The van der Waals surface area contributed by atoms with Gasteiger partial charge in [0.2, 0.25) is 0 Å². The largest absolute Gasteiger partial charge is 0.396 e. The first-order chi connectivity index (χ1) is 14.2. The van der Waals surface area contributed by atoms with Gasteiger partial charge >= 0.3 is 0 Å². The van der Waals surface area contributed by atoms with Crippen LogP contribution in [0.2, 0.25) is 0 Å². The zero-order valence-electron chi connectivity index (χ0n) is 19.6. The fraction of sp³-hybridized carbons (Fsp3) is 1.00. The molecule has 0 aromatic carbocycles. The summed E-state index contributed by atoms with van der Waals surface area (Å²) in [5, 5.41) is 43.1. The van der Waals surface area contributed by atoms with Crippen molar-refractivity contribution in [3.8, 4) is 0 Å². The number of hydrogen-bond donors (Lipinski definition) is 4. The minimum atomic E-state index is -0.367. The third kappa shape index (κ3) is 3.31. The topological polar surface area (TPSA) is 80.9 Å². The Morgan fingerprint density at radius 3 is 2.40 bits per heavy atom. The third-order valence-corrected chi connectivity index (χ3v) is 10.9. The zero-order valence-corrected chi connectivity index (χ0v) is 19.6. The van der Waals surface area contributed by atoms with Crippen LogP contribution < -0.4 is 0 Å². The van der Waals surface area contributed by atoms with Gasteiger partial charge in [-0.1, -0.05) is 34.1 Å². The summed E-state index contributed by atoms with van der Waals surface area (Å²) >= 11 is 0. The summed E-state index contributed by atoms with van der Waals surface area (Å²) in [6, 6.07) is 0. The second kappa shape index (κ2) is 8.32. The van der Waals surface area contributed by atoms with Gasteiger partial charge in [0.05, 0.1) is 18.3 Å². The average molecular weight is 423 g/mol. The van der Waals surface area contributed by atoms with E-state index in [0.717, 1.165) is 51.4 Å². The molecule has 4 heteroatoms. The third-order valence-electron chi connectivity index (χ3n) is 10.9. The van der Waals surface area contributed by atoms with Crippen molar-refractivity contribution in [2.24, 2.45) is 52.3 Å². The molecule has 0 radical (unpaired) electrons. The van der Waals surface area contributed by atoms with Gasteiger partial charge in [-0.2, -0.15) is 0 Å². The van der Waals surface area contributed by atoms with Gasteiger partial charge in [0.15, 0.2) is 0 Å². The van der Waals surface area contributed by atoms with E-state index in [0.29, 0.717) is 23.7 Å². The Kier molecular flexibility index (Phi) is 6.38. The first-order valence-electron chi connectivity index (χ1n) is 12.8. The Balaban J connectivity index is 1.68. The van der Waals surface area contributed by atoms with E-state index in [2.05, 4.69) is 27.7 Å². The Labute approximate surface area is 183 Å². The number of rotatable bonds is 5. The molecule has 0 aliphatic heterocycles. The van der Waals surface area contributed by atoms with Gasteiger partial charge in [-0.05, 0) is 104 Å². The molecule has 0 aromatic heterocycles. The highest BCUT2D eigenvalue weighted by Gasteiger charge is 2.67. The molecule has 4 nitrogen and oxygen atoms in total. The van der Waals surface area contributed by atoms with Crippen LogP contribution in [0.4, 0.5) is 0 Å². The van der Waals surface area contributed by atoms with Gasteiger partial charge in [0.1, 0.15) is 0 Å². The lowest BCUT2D eigenvalue weighted by atomic mass is 9.40. The zero-order chi connectivity index (χ0) is 21.8. The molecule has 4 aliphatic carbocycles. The molecule has 12 atom stereocenters. The van der Waals surface area contributed by atoms with Gasteiger partial charge in [-0.25, -0.2) is 0 Å². The Hall–Kier alpha value is -0.160. The van der Waals surface area contributed by atoms with Crippen LogP contribution >= 0.6 is 0 Å². The van der Waals surface area contributed by atoms with Crippen molar-refractivity contribution >= 4 is 0 Å². The Bertz CT molecular complexity index is 610. The van der Waals surface area contributed by atoms with Crippen molar-refractivity contribution in [3.05, 3.63) is 0 Å². The summed E-state index contributed by atoms with van der Waals surface area (Å²) in [6.07, 6.45) is 7.65. The smallest absolute Gasteiger partial charge is 0.0605 e. The van der Waals surface area contributed by atoms with Crippen LogP contribution in [-0.4, -0.2) is 45.3 Å². The van der Waals surface area contributed by atoms with Crippen LogP contribution in [-0.2, 0) is 0 Å². The number of aliphatic hydroxyl groups is 4. The van der Waals surface area contributed by atoms with E-state index in [1.54, 1.807) is 0 Å². The number of fused-ring (bicyclic) bond motifs is 5. The molecule has 4 aliphatic rings. The number of hydrogen-bond acceptors (Lipinski definition) is 4. The standard InChI is InChI=1S/C26H46O4/c1-5-17-20-13-16(28)10-11-25(20,3)23-21(29)14-26(4)18(15(2)7-6-12-27)8-9-19(26)22(23)24(17)30/h15-24,27-30H,5-14H2,1-4H3/t15-,16-,17-,18-,19+,20+,21+,22+,23+,24-,25+,26-/m1/s1. The van der Waals surface area contributed by atoms with E-state index in [1.807, 2.05) is 0 Å². The summed E-state index contributed by atoms with van der Waals surface area (Å²) in [6.45, 7) is 9.56. The predicted molar refractivity (Wildman–Crippen MR) is 119 cm³/mol. The van der Waals surface area contributed by atoms with Crippen LogP contribution in [0.5, 0.6) is 0 Å². The maximum absolute atomic E-state index is 11.7. The first-order valence-corrected chi connectivity index (χ1v) is 12.8. The summed E-state index contributed by atoms with van der Waals surface area (Å²) < 4.78 is 0.